The highest BCUT2D eigenvalue weighted by Gasteiger charge is 2.12. The monoisotopic (exact) mass is 343 g/mol. The zero-order valence-corrected chi connectivity index (χ0v) is 12.3. The highest BCUT2D eigenvalue weighted by atomic mass is 79.9. The summed E-state index contributed by atoms with van der Waals surface area (Å²) in [5.74, 6) is 0. The van der Waals surface area contributed by atoms with Crippen molar-refractivity contribution in [1.82, 2.24) is 0 Å². The first-order valence-corrected chi connectivity index (χ1v) is 7.82. The van der Waals surface area contributed by atoms with Gasteiger partial charge in [0.1, 0.15) is 0 Å². The van der Waals surface area contributed by atoms with Crippen molar-refractivity contribution in [2.24, 2.45) is 0 Å². The minimum absolute atomic E-state index is 0.238. The fourth-order valence-corrected chi connectivity index (χ4v) is 2.55. The van der Waals surface area contributed by atoms with Gasteiger partial charge in [-0.15, -0.1) is 0 Å². The molecule has 0 spiro atoms. The highest BCUT2D eigenvalue weighted by Crippen LogP contribution is 2.26. The van der Waals surface area contributed by atoms with Crippen LogP contribution in [0.4, 0.5) is 10.5 Å². The molecule has 1 amide bonds. The minimum atomic E-state index is -3.25. The topological polar surface area (TPSA) is 74.7 Å². The van der Waals surface area contributed by atoms with Crippen molar-refractivity contribution in [1.29, 1.82) is 0 Å². The second-order valence-electron chi connectivity index (χ2n) is 4.03. The molecule has 100 valence electrons. The van der Waals surface area contributed by atoms with Crippen LogP contribution in [-0.2, 0) is 9.84 Å². The first-order chi connectivity index (χ1) is 8.79. The Morgan fingerprint density at radius 3 is 2.32 bits per heavy atom. The Kier molecular flexibility index (Phi) is 3.51. The maximum absolute atomic E-state index is 11.4. The van der Waals surface area contributed by atoms with Crippen LogP contribution in [0.5, 0.6) is 0 Å². The van der Waals surface area contributed by atoms with Gasteiger partial charge in [-0.3, -0.25) is 0 Å². The second-order valence-corrected chi connectivity index (χ2v) is 6.75. The number of sulfone groups is 1. The van der Waals surface area contributed by atoms with Crippen LogP contribution in [0, 0.1) is 0 Å². The first kappa shape index (κ1) is 13.8. The molecule has 0 atom stereocenters. The summed E-state index contributed by atoms with van der Waals surface area (Å²) in [7, 11) is -3.25. The lowest BCUT2D eigenvalue weighted by Gasteiger charge is -2.11. The molecular weight excluding hydrogens is 334 g/mol. The highest BCUT2D eigenvalue weighted by molar-refractivity contribution is 9.10. The molecule has 0 aliphatic heterocycles. The van der Waals surface area contributed by atoms with Crippen molar-refractivity contribution in [2.75, 3.05) is 10.2 Å². The van der Waals surface area contributed by atoms with Crippen molar-refractivity contribution in [3.8, 4) is 0 Å². The summed E-state index contributed by atoms with van der Waals surface area (Å²) in [4.78, 5) is 11.1. The zero-order valence-electron chi connectivity index (χ0n) is 9.87. The lowest BCUT2D eigenvalue weighted by Crippen LogP contribution is -2.16. The van der Waals surface area contributed by atoms with Gasteiger partial charge in [0, 0.05) is 6.26 Å². The van der Waals surface area contributed by atoms with Gasteiger partial charge in [-0.1, -0.05) is 12.1 Å². The van der Waals surface area contributed by atoms with Gasteiger partial charge in [-0.2, -0.15) is 0 Å². The third-order valence-electron chi connectivity index (χ3n) is 2.62. The van der Waals surface area contributed by atoms with E-state index in [-0.39, 0.29) is 4.90 Å². The minimum Gasteiger partial charge on any atom is -0.464 e. The Labute approximate surface area is 118 Å². The standard InChI is InChI=1S/C12H10BrNO4S/c1-19(17,18)11-5-3-8-6-10(14(13)12(15)16)4-2-9(8)7-11/h2-7H,1H3,(H,15,16). The summed E-state index contributed by atoms with van der Waals surface area (Å²) < 4.78 is 23.8. The fraction of sp³-hybridized carbons (Fsp3) is 0.0833. The molecule has 0 fully saturated rings. The van der Waals surface area contributed by atoms with E-state index in [0.717, 1.165) is 21.0 Å². The fourth-order valence-electron chi connectivity index (χ4n) is 1.67. The lowest BCUT2D eigenvalue weighted by atomic mass is 10.1. The third kappa shape index (κ3) is 2.87. The quantitative estimate of drug-likeness (QED) is 0.850. The van der Waals surface area contributed by atoms with Crippen molar-refractivity contribution >= 4 is 48.5 Å². The molecule has 7 heteroatoms. The molecule has 0 unspecified atom stereocenters. The van der Waals surface area contributed by atoms with Crippen LogP contribution in [0.3, 0.4) is 0 Å². The molecule has 0 radical (unpaired) electrons. The Balaban J connectivity index is 2.55. The Morgan fingerprint density at radius 1 is 1.16 bits per heavy atom. The summed E-state index contributed by atoms with van der Waals surface area (Å²) in [5.41, 5.74) is 0.451. The van der Waals surface area contributed by atoms with Gasteiger partial charge in [-0.25, -0.2) is 17.1 Å². The van der Waals surface area contributed by atoms with E-state index in [4.69, 9.17) is 5.11 Å². The average Bonchev–Trinajstić information content (AvgIpc) is 2.35. The molecule has 0 aromatic heterocycles. The molecule has 2 aromatic carbocycles. The largest absolute Gasteiger partial charge is 0.464 e. The maximum atomic E-state index is 11.4. The molecule has 0 aliphatic carbocycles. The summed E-state index contributed by atoms with van der Waals surface area (Å²) >= 11 is 2.92. The lowest BCUT2D eigenvalue weighted by molar-refractivity contribution is 0.207. The van der Waals surface area contributed by atoms with E-state index >= 15 is 0 Å². The molecule has 19 heavy (non-hydrogen) atoms. The summed E-state index contributed by atoms with van der Waals surface area (Å²) in [6.45, 7) is 0. The maximum Gasteiger partial charge on any atom is 0.422 e. The van der Waals surface area contributed by atoms with Crippen molar-refractivity contribution in [3.05, 3.63) is 36.4 Å². The van der Waals surface area contributed by atoms with Crippen LogP contribution in [0.15, 0.2) is 41.3 Å². The van der Waals surface area contributed by atoms with Gasteiger partial charge in [-0.05, 0) is 35.0 Å². The number of halogens is 1. The van der Waals surface area contributed by atoms with E-state index in [0.29, 0.717) is 5.69 Å². The Morgan fingerprint density at radius 2 is 1.74 bits per heavy atom. The van der Waals surface area contributed by atoms with Crippen LogP contribution < -0.4 is 3.93 Å². The normalized spacial score (nSPS) is 11.5. The number of fused-ring (bicyclic) bond motifs is 1. The average molecular weight is 344 g/mol. The van der Waals surface area contributed by atoms with Gasteiger partial charge in [0.25, 0.3) is 0 Å². The Bertz CT molecular complexity index is 757. The van der Waals surface area contributed by atoms with Crippen molar-refractivity contribution in [3.63, 3.8) is 0 Å². The van der Waals surface area contributed by atoms with Crippen molar-refractivity contribution < 1.29 is 18.3 Å². The van der Waals surface area contributed by atoms with Crippen LogP contribution in [0.1, 0.15) is 0 Å². The van der Waals surface area contributed by atoms with Gasteiger partial charge in [0.05, 0.1) is 26.7 Å². The smallest absolute Gasteiger partial charge is 0.422 e. The number of amides is 1. The second kappa shape index (κ2) is 4.82. The molecular formula is C12H10BrNO4S. The SMILES string of the molecule is CS(=O)(=O)c1ccc2cc(N(Br)C(=O)O)ccc2c1. The summed E-state index contributed by atoms with van der Waals surface area (Å²) in [6, 6.07) is 9.64. The zero-order chi connectivity index (χ0) is 14.2. The third-order valence-corrected chi connectivity index (χ3v) is 4.44. The first-order valence-electron chi connectivity index (χ1n) is 5.22. The van der Waals surface area contributed by atoms with Gasteiger partial charge in [0.15, 0.2) is 9.84 Å². The predicted molar refractivity (Wildman–Crippen MR) is 76.5 cm³/mol. The van der Waals surface area contributed by atoms with Crippen molar-refractivity contribution in [2.45, 2.75) is 4.90 Å². The molecule has 0 saturated heterocycles. The summed E-state index contributed by atoms with van der Waals surface area (Å²) in [5, 5.41) is 10.4. The number of benzene rings is 2. The van der Waals surface area contributed by atoms with E-state index in [9.17, 15) is 13.2 Å². The molecule has 1 N–H and O–H groups in total. The van der Waals surface area contributed by atoms with Crippen LogP contribution in [-0.4, -0.2) is 25.9 Å². The molecule has 0 saturated carbocycles. The van der Waals surface area contributed by atoms with E-state index in [2.05, 4.69) is 16.1 Å². The van der Waals surface area contributed by atoms with Gasteiger partial charge >= 0.3 is 6.09 Å². The number of hydrogen-bond acceptors (Lipinski definition) is 3. The molecule has 0 heterocycles. The van der Waals surface area contributed by atoms with Crippen LogP contribution >= 0.6 is 16.1 Å². The van der Waals surface area contributed by atoms with E-state index in [1.807, 2.05) is 0 Å². The van der Waals surface area contributed by atoms with Crippen LogP contribution in [0.25, 0.3) is 10.8 Å². The van der Waals surface area contributed by atoms with E-state index in [1.54, 1.807) is 30.3 Å². The Hall–Kier alpha value is -1.60. The number of carbonyl (C=O) groups is 1. The summed E-state index contributed by atoms with van der Waals surface area (Å²) in [6.07, 6.45) is 0.0137. The number of carboxylic acid groups (broad SMARTS) is 1. The number of nitrogens with zero attached hydrogens (tertiary/aromatic N) is 1. The predicted octanol–water partition coefficient (Wildman–Crippen LogP) is 3.04. The van der Waals surface area contributed by atoms with Gasteiger partial charge < -0.3 is 5.11 Å². The van der Waals surface area contributed by atoms with E-state index < -0.39 is 15.9 Å². The number of hydrogen-bond donors (Lipinski definition) is 1. The molecule has 2 aromatic rings. The molecule has 2 rings (SSSR count). The molecule has 5 nitrogen and oxygen atoms in total. The molecule has 0 bridgehead atoms. The van der Waals surface area contributed by atoms with Gasteiger partial charge in [0.2, 0.25) is 0 Å². The van der Waals surface area contributed by atoms with E-state index in [1.165, 1.54) is 6.07 Å². The number of rotatable bonds is 2. The molecule has 0 aliphatic rings. The van der Waals surface area contributed by atoms with Crippen LogP contribution in [0.2, 0.25) is 0 Å². The number of anilines is 1.